The van der Waals surface area contributed by atoms with Gasteiger partial charge in [-0.15, -0.1) is 0 Å². The van der Waals surface area contributed by atoms with E-state index in [0.717, 1.165) is 17.8 Å². The Hall–Kier alpha value is -1.90. The van der Waals surface area contributed by atoms with Gasteiger partial charge in [0.2, 0.25) is 0 Å². The number of nitrogens with zero attached hydrogens (tertiary/aromatic N) is 3. The minimum atomic E-state index is 0.446. The van der Waals surface area contributed by atoms with Gasteiger partial charge < -0.3 is 4.57 Å². The molecule has 0 bridgehead atoms. The fourth-order valence-corrected chi connectivity index (χ4v) is 2.90. The van der Waals surface area contributed by atoms with Crippen LogP contribution >= 0.6 is 0 Å². The highest BCUT2D eigenvalue weighted by Crippen LogP contribution is 2.29. The van der Waals surface area contributed by atoms with Gasteiger partial charge in [-0.1, -0.05) is 27.7 Å². The van der Waals surface area contributed by atoms with Crippen LogP contribution in [0.5, 0.6) is 0 Å². The van der Waals surface area contributed by atoms with Crippen molar-refractivity contribution < 1.29 is 0 Å². The topological polar surface area (TPSA) is 30.7 Å². The SMILES string of the molecule is CC(C)Cc1cc2c3cnc(C(C)C)cc3n(C)c2cn1. The highest BCUT2D eigenvalue weighted by Gasteiger charge is 2.12. The first-order chi connectivity index (χ1) is 9.97. The van der Waals surface area contributed by atoms with Gasteiger partial charge in [0, 0.05) is 35.4 Å². The van der Waals surface area contributed by atoms with Crippen LogP contribution in [0.15, 0.2) is 24.5 Å². The van der Waals surface area contributed by atoms with E-state index in [2.05, 4.69) is 61.4 Å². The van der Waals surface area contributed by atoms with Gasteiger partial charge in [-0.25, -0.2) is 0 Å². The van der Waals surface area contributed by atoms with Crippen molar-refractivity contribution in [2.45, 2.75) is 40.0 Å². The van der Waals surface area contributed by atoms with Crippen LogP contribution in [0, 0.1) is 5.92 Å². The van der Waals surface area contributed by atoms with Crippen molar-refractivity contribution in [3.05, 3.63) is 35.9 Å². The van der Waals surface area contributed by atoms with Crippen LogP contribution in [0.2, 0.25) is 0 Å². The van der Waals surface area contributed by atoms with Gasteiger partial charge >= 0.3 is 0 Å². The lowest BCUT2D eigenvalue weighted by molar-refractivity contribution is 0.636. The van der Waals surface area contributed by atoms with Crippen LogP contribution in [0.3, 0.4) is 0 Å². The summed E-state index contributed by atoms with van der Waals surface area (Å²) in [4.78, 5) is 9.25. The molecule has 3 aromatic heterocycles. The van der Waals surface area contributed by atoms with E-state index in [1.807, 2.05) is 12.4 Å². The molecular weight excluding hydrogens is 258 g/mol. The molecule has 0 radical (unpaired) electrons. The number of hydrogen-bond donors (Lipinski definition) is 0. The van der Waals surface area contributed by atoms with Crippen molar-refractivity contribution in [2.75, 3.05) is 0 Å². The average Bonchev–Trinajstić information content (AvgIpc) is 2.71. The molecule has 0 saturated carbocycles. The van der Waals surface area contributed by atoms with Crippen LogP contribution in [0.25, 0.3) is 21.8 Å². The maximum absolute atomic E-state index is 4.63. The third-order valence-corrected chi connectivity index (χ3v) is 4.06. The molecule has 110 valence electrons. The van der Waals surface area contributed by atoms with Gasteiger partial charge in [-0.05, 0) is 30.4 Å². The van der Waals surface area contributed by atoms with E-state index in [4.69, 9.17) is 0 Å². The largest absolute Gasteiger partial charge is 0.342 e. The maximum atomic E-state index is 4.63. The van der Waals surface area contributed by atoms with E-state index in [-0.39, 0.29) is 0 Å². The van der Waals surface area contributed by atoms with Crippen LogP contribution < -0.4 is 0 Å². The molecule has 3 nitrogen and oxygen atoms in total. The molecule has 0 fully saturated rings. The van der Waals surface area contributed by atoms with Gasteiger partial charge in [-0.2, -0.15) is 0 Å². The standard InChI is InChI=1S/C18H23N3/c1-11(2)6-13-7-14-15-9-20-16(12(3)4)8-17(15)21(5)18(14)10-19-13/h7-12H,6H2,1-5H3. The molecule has 0 aromatic carbocycles. The number of aryl methyl sites for hydroxylation is 1. The van der Waals surface area contributed by atoms with Gasteiger partial charge in [0.1, 0.15) is 0 Å². The smallest absolute Gasteiger partial charge is 0.0675 e. The molecule has 0 saturated heterocycles. The van der Waals surface area contributed by atoms with Crippen LogP contribution in [0.1, 0.15) is 45.0 Å². The van der Waals surface area contributed by atoms with Crippen LogP contribution in [0.4, 0.5) is 0 Å². The molecular formula is C18H23N3. The number of aromatic nitrogens is 3. The zero-order valence-corrected chi connectivity index (χ0v) is 13.5. The predicted molar refractivity (Wildman–Crippen MR) is 88.6 cm³/mol. The van der Waals surface area contributed by atoms with Gasteiger partial charge in [0.15, 0.2) is 0 Å². The van der Waals surface area contributed by atoms with E-state index in [1.165, 1.54) is 21.8 Å². The summed E-state index contributed by atoms with van der Waals surface area (Å²) in [6.45, 7) is 8.81. The molecule has 3 rings (SSSR count). The van der Waals surface area contributed by atoms with Crippen LogP contribution in [-0.4, -0.2) is 14.5 Å². The van der Waals surface area contributed by atoms with E-state index >= 15 is 0 Å². The lowest BCUT2D eigenvalue weighted by Crippen LogP contribution is -1.97. The Balaban J connectivity index is 2.24. The summed E-state index contributed by atoms with van der Waals surface area (Å²) in [6.07, 6.45) is 5.04. The molecule has 0 aliphatic carbocycles. The summed E-state index contributed by atoms with van der Waals surface area (Å²) in [5.41, 5.74) is 4.73. The Morgan fingerprint density at radius 2 is 1.71 bits per heavy atom. The van der Waals surface area contributed by atoms with Crippen molar-refractivity contribution in [1.82, 2.24) is 14.5 Å². The van der Waals surface area contributed by atoms with E-state index in [1.54, 1.807) is 0 Å². The first kappa shape index (κ1) is 14.1. The third-order valence-electron chi connectivity index (χ3n) is 4.06. The Bertz CT molecular complexity index is 797. The average molecular weight is 281 g/mol. The normalized spacial score (nSPS) is 12.1. The number of pyridine rings is 2. The lowest BCUT2D eigenvalue weighted by Gasteiger charge is -2.04. The molecule has 3 heterocycles. The fraction of sp³-hybridized carbons (Fsp3) is 0.444. The molecule has 21 heavy (non-hydrogen) atoms. The fourth-order valence-electron chi connectivity index (χ4n) is 2.90. The minimum Gasteiger partial charge on any atom is -0.342 e. The van der Waals surface area contributed by atoms with Crippen molar-refractivity contribution in [1.29, 1.82) is 0 Å². The Kier molecular flexibility index (Phi) is 3.44. The van der Waals surface area contributed by atoms with Gasteiger partial charge in [0.25, 0.3) is 0 Å². The monoisotopic (exact) mass is 281 g/mol. The van der Waals surface area contributed by atoms with E-state index < -0.39 is 0 Å². The quantitative estimate of drug-likeness (QED) is 0.710. The summed E-state index contributed by atoms with van der Waals surface area (Å²) in [7, 11) is 2.11. The zero-order chi connectivity index (χ0) is 15.1. The van der Waals surface area contributed by atoms with Crippen molar-refractivity contribution >= 4 is 21.8 Å². The second kappa shape index (κ2) is 5.14. The summed E-state index contributed by atoms with van der Waals surface area (Å²) >= 11 is 0. The molecule has 0 spiro atoms. The molecule has 3 heteroatoms. The molecule has 0 unspecified atom stereocenters. The second-order valence-electron chi connectivity index (χ2n) is 6.63. The molecule has 0 N–H and O–H groups in total. The first-order valence-corrected chi connectivity index (χ1v) is 7.70. The molecule has 3 aromatic rings. The lowest BCUT2D eigenvalue weighted by atomic mass is 10.1. The van der Waals surface area contributed by atoms with Crippen molar-refractivity contribution in [3.8, 4) is 0 Å². The van der Waals surface area contributed by atoms with Gasteiger partial charge in [0.05, 0.1) is 17.2 Å². The molecule has 0 aliphatic heterocycles. The Morgan fingerprint density at radius 3 is 2.38 bits per heavy atom. The Labute approximate surface area is 126 Å². The molecule has 0 amide bonds. The van der Waals surface area contributed by atoms with E-state index in [0.29, 0.717) is 11.8 Å². The zero-order valence-electron chi connectivity index (χ0n) is 13.5. The maximum Gasteiger partial charge on any atom is 0.0675 e. The highest BCUT2D eigenvalue weighted by atomic mass is 15.0. The second-order valence-corrected chi connectivity index (χ2v) is 6.63. The number of hydrogen-bond acceptors (Lipinski definition) is 2. The molecule has 0 atom stereocenters. The van der Waals surface area contributed by atoms with Crippen LogP contribution in [-0.2, 0) is 13.5 Å². The predicted octanol–water partition coefficient (Wildman–Crippen LogP) is 4.44. The summed E-state index contributed by atoms with van der Waals surface area (Å²) in [5.74, 6) is 1.07. The van der Waals surface area contributed by atoms with Gasteiger partial charge in [-0.3, -0.25) is 9.97 Å². The third kappa shape index (κ3) is 2.41. The summed E-state index contributed by atoms with van der Waals surface area (Å²) < 4.78 is 2.23. The minimum absolute atomic E-state index is 0.446. The number of rotatable bonds is 3. The number of fused-ring (bicyclic) bond motifs is 3. The summed E-state index contributed by atoms with van der Waals surface area (Å²) in [5, 5.41) is 2.49. The van der Waals surface area contributed by atoms with Crippen molar-refractivity contribution in [3.63, 3.8) is 0 Å². The summed E-state index contributed by atoms with van der Waals surface area (Å²) in [6, 6.07) is 4.44. The molecule has 0 aliphatic rings. The Morgan fingerprint density at radius 1 is 0.952 bits per heavy atom. The highest BCUT2D eigenvalue weighted by molar-refractivity contribution is 6.07. The van der Waals surface area contributed by atoms with Crippen molar-refractivity contribution in [2.24, 2.45) is 13.0 Å². The first-order valence-electron chi connectivity index (χ1n) is 7.70. The van der Waals surface area contributed by atoms with E-state index in [9.17, 15) is 0 Å².